The third-order valence-electron chi connectivity index (χ3n) is 8.98. The Morgan fingerprint density at radius 2 is 1.44 bits per heavy atom. The third kappa shape index (κ3) is 6.17. The van der Waals surface area contributed by atoms with Crippen molar-refractivity contribution in [2.75, 3.05) is 6.54 Å². The highest BCUT2D eigenvalue weighted by atomic mass is 35.5. The summed E-state index contributed by atoms with van der Waals surface area (Å²) >= 11 is 9.17. The molecular formula is C38H26ClF3N2O4S2. The number of benzene rings is 4. The van der Waals surface area contributed by atoms with Crippen LogP contribution in [0, 0.1) is 0 Å². The molecule has 0 radical (unpaired) electrons. The van der Waals surface area contributed by atoms with E-state index in [4.69, 9.17) is 11.6 Å². The van der Waals surface area contributed by atoms with Gasteiger partial charge in [0, 0.05) is 33.0 Å². The number of hydrogen-bond donors (Lipinski definition) is 2. The molecule has 0 aliphatic carbocycles. The van der Waals surface area contributed by atoms with Gasteiger partial charge in [-0.2, -0.15) is 13.2 Å². The zero-order chi connectivity index (χ0) is 35.2. The average Bonchev–Trinajstić information content (AvgIpc) is 3.79. The highest BCUT2D eigenvalue weighted by molar-refractivity contribution is 7.17. The molecule has 1 aliphatic heterocycles. The maximum atomic E-state index is 14.5. The summed E-state index contributed by atoms with van der Waals surface area (Å²) < 4.78 is 41.8. The molecule has 7 rings (SSSR count). The van der Waals surface area contributed by atoms with Crippen LogP contribution in [0.25, 0.3) is 20.2 Å². The molecule has 0 bridgehead atoms. The molecule has 1 aliphatic rings. The zero-order valence-corrected chi connectivity index (χ0v) is 28.3. The average molecular weight is 731 g/mol. The fraction of sp³-hybridized carbons (Fsp3) is 0.132. The number of hydrogen-bond acceptors (Lipinski definition) is 5. The van der Waals surface area contributed by atoms with Gasteiger partial charge in [0.1, 0.15) is 11.7 Å². The lowest BCUT2D eigenvalue weighted by molar-refractivity contribution is -0.149. The molecule has 1 unspecified atom stereocenters. The molecular weight excluding hydrogens is 705 g/mol. The quantitative estimate of drug-likeness (QED) is 0.164. The van der Waals surface area contributed by atoms with Gasteiger partial charge in [-0.05, 0) is 105 Å². The van der Waals surface area contributed by atoms with E-state index in [1.54, 1.807) is 30.3 Å². The molecule has 12 heteroatoms. The smallest absolute Gasteiger partial charge is 0.416 e. The number of amides is 2. The number of thiophene rings is 2. The second-order valence-electron chi connectivity index (χ2n) is 12.0. The van der Waals surface area contributed by atoms with Crippen molar-refractivity contribution in [1.82, 2.24) is 10.2 Å². The molecule has 1 atom stereocenters. The Morgan fingerprint density at radius 3 is 1.98 bits per heavy atom. The molecule has 4 aromatic carbocycles. The number of rotatable bonds is 8. The molecule has 3 heterocycles. The van der Waals surface area contributed by atoms with Crippen molar-refractivity contribution in [3.63, 3.8) is 0 Å². The first-order valence-corrected chi connectivity index (χ1v) is 17.5. The first kappa shape index (κ1) is 33.5. The zero-order valence-electron chi connectivity index (χ0n) is 25.9. The summed E-state index contributed by atoms with van der Waals surface area (Å²) in [4.78, 5) is 42.5. The summed E-state index contributed by atoms with van der Waals surface area (Å²) in [5.41, 5.74) is -0.177. The lowest BCUT2D eigenvalue weighted by atomic mass is 9.69. The minimum Gasteiger partial charge on any atom is -0.480 e. The van der Waals surface area contributed by atoms with Gasteiger partial charge < -0.3 is 15.3 Å². The van der Waals surface area contributed by atoms with E-state index in [0.29, 0.717) is 10.6 Å². The predicted molar refractivity (Wildman–Crippen MR) is 190 cm³/mol. The van der Waals surface area contributed by atoms with Crippen molar-refractivity contribution in [3.8, 4) is 0 Å². The first-order valence-electron chi connectivity index (χ1n) is 15.4. The van der Waals surface area contributed by atoms with Crippen LogP contribution in [0.4, 0.5) is 13.2 Å². The monoisotopic (exact) mass is 730 g/mol. The van der Waals surface area contributed by atoms with E-state index in [9.17, 15) is 32.7 Å². The van der Waals surface area contributed by atoms with Crippen LogP contribution >= 0.6 is 34.3 Å². The van der Waals surface area contributed by atoms with Crippen LogP contribution in [0.15, 0.2) is 120 Å². The lowest BCUT2D eigenvalue weighted by Crippen LogP contribution is -2.57. The van der Waals surface area contributed by atoms with Gasteiger partial charge in [0.15, 0.2) is 0 Å². The van der Waals surface area contributed by atoms with Crippen molar-refractivity contribution in [2.24, 2.45) is 0 Å². The van der Waals surface area contributed by atoms with E-state index >= 15 is 0 Å². The van der Waals surface area contributed by atoms with Crippen LogP contribution < -0.4 is 5.32 Å². The number of carboxylic acids is 1. The standard InChI is InChI=1S/C38H26ClF3N2O4S2/c39-25-13-7-22(8-14-25)19-31(36(47)48)44-21-37(28-3-1-5-32-26(28)15-17-49-32,29-4-2-6-33-27(29)16-18-50-33)20-30(35(44)46)43-34(45)23-9-11-24(12-10-23)38(40,41)42/h1-18,20,31H,19,21H2,(H,43,45)(H,47,48). The van der Waals surface area contributed by atoms with Crippen LogP contribution in [-0.2, 0) is 27.6 Å². The van der Waals surface area contributed by atoms with E-state index in [1.807, 2.05) is 59.3 Å². The summed E-state index contributed by atoms with van der Waals surface area (Å²) in [6, 6.07) is 24.6. The second kappa shape index (κ2) is 13.1. The highest BCUT2D eigenvalue weighted by Crippen LogP contribution is 2.46. The van der Waals surface area contributed by atoms with Crippen LogP contribution in [0.5, 0.6) is 0 Å². The number of nitrogens with one attached hydrogen (secondary N) is 1. The summed E-state index contributed by atoms with van der Waals surface area (Å²) in [6.07, 6.45) is -2.98. The Morgan fingerprint density at radius 1 is 0.860 bits per heavy atom. The molecule has 0 saturated heterocycles. The highest BCUT2D eigenvalue weighted by Gasteiger charge is 2.47. The minimum atomic E-state index is -4.60. The van der Waals surface area contributed by atoms with E-state index < -0.39 is 41.0 Å². The van der Waals surface area contributed by atoms with E-state index in [0.717, 1.165) is 55.6 Å². The van der Waals surface area contributed by atoms with Crippen LogP contribution in [0.2, 0.25) is 5.02 Å². The van der Waals surface area contributed by atoms with Gasteiger partial charge in [-0.25, -0.2) is 4.79 Å². The molecule has 252 valence electrons. The van der Waals surface area contributed by atoms with Crippen molar-refractivity contribution in [2.45, 2.75) is 24.1 Å². The molecule has 6 aromatic rings. The maximum absolute atomic E-state index is 14.5. The van der Waals surface area contributed by atoms with E-state index in [-0.39, 0.29) is 24.2 Å². The fourth-order valence-electron chi connectivity index (χ4n) is 6.61. The SMILES string of the molecule is O=C(NC1=CC(c2cccc3sccc23)(c2cccc3sccc23)CN(C(Cc2ccc(Cl)cc2)C(=O)O)C1=O)c1ccc(C(F)(F)F)cc1. The molecule has 0 spiro atoms. The van der Waals surface area contributed by atoms with Gasteiger partial charge >= 0.3 is 12.1 Å². The van der Waals surface area contributed by atoms with Crippen molar-refractivity contribution in [3.05, 3.63) is 152 Å². The summed E-state index contributed by atoms with van der Waals surface area (Å²) in [7, 11) is 0. The lowest BCUT2D eigenvalue weighted by Gasteiger charge is -2.44. The Labute approximate surface area is 297 Å². The molecule has 6 nitrogen and oxygen atoms in total. The summed E-state index contributed by atoms with van der Waals surface area (Å²) in [5.74, 6) is -2.81. The predicted octanol–water partition coefficient (Wildman–Crippen LogP) is 8.93. The summed E-state index contributed by atoms with van der Waals surface area (Å²) in [5, 5.41) is 19.5. The Bertz CT molecular complexity index is 2220. The van der Waals surface area contributed by atoms with Gasteiger partial charge in [0.2, 0.25) is 0 Å². The van der Waals surface area contributed by atoms with Gasteiger partial charge in [-0.15, -0.1) is 22.7 Å². The fourth-order valence-corrected chi connectivity index (χ4v) is 8.36. The summed E-state index contributed by atoms with van der Waals surface area (Å²) in [6.45, 7) is -0.0834. The number of alkyl halides is 3. The molecule has 2 amide bonds. The topological polar surface area (TPSA) is 86.7 Å². The number of carbonyl (C=O) groups excluding carboxylic acids is 2. The molecule has 2 N–H and O–H groups in total. The normalized spacial score (nSPS) is 15.2. The number of fused-ring (bicyclic) bond motifs is 2. The van der Waals surface area contributed by atoms with Gasteiger partial charge in [-0.1, -0.05) is 48.0 Å². The molecule has 2 aromatic heterocycles. The number of halogens is 4. The van der Waals surface area contributed by atoms with Crippen LogP contribution in [-0.4, -0.2) is 40.4 Å². The Hall–Kier alpha value is -4.97. The van der Waals surface area contributed by atoms with E-state index in [2.05, 4.69) is 5.32 Å². The minimum absolute atomic E-state index is 0.0558. The third-order valence-corrected chi connectivity index (χ3v) is 11.0. The second-order valence-corrected chi connectivity index (χ2v) is 14.3. The number of nitrogens with zero attached hydrogens (tertiary/aromatic N) is 1. The van der Waals surface area contributed by atoms with E-state index in [1.165, 1.54) is 27.6 Å². The van der Waals surface area contributed by atoms with Crippen molar-refractivity contribution >= 4 is 72.2 Å². The maximum Gasteiger partial charge on any atom is 0.416 e. The Balaban J connectivity index is 1.43. The number of aliphatic carboxylic acids is 1. The first-order chi connectivity index (χ1) is 23.9. The molecule has 0 saturated carbocycles. The number of carboxylic acid groups (broad SMARTS) is 1. The molecule has 50 heavy (non-hydrogen) atoms. The van der Waals surface area contributed by atoms with Gasteiger partial charge in [0.05, 0.1) is 11.0 Å². The largest absolute Gasteiger partial charge is 0.480 e. The Kier molecular flexibility index (Phi) is 8.75. The van der Waals surface area contributed by atoms with Crippen molar-refractivity contribution < 1.29 is 32.7 Å². The molecule has 0 fully saturated rings. The van der Waals surface area contributed by atoms with Crippen LogP contribution in [0.3, 0.4) is 0 Å². The van der Waals surface area contributed by atoms with Crippen LogP contribution in [0.1, 0.15) is 32.6 Å². The number of carbonyl (C=O) groups is 3. The van der Waals surface area contributed by atoms with Gasteiger partial charge in [0.25, 0.3) is 11.8 Å². The van der Waals surface area contributed by atoms with Gasteiger partial charge in [-0.3, -0.25) is 9.59 Å². The van der Waals surface area contributed by atoms with Crippen molar-refractivity contribution in [1.29, 1.82) is 0 Å².